The molecule has 35 heavy (non-hydrogen) atoms. The van der Waals surface area contributed by atoms with Crippen LogP contribution in [0, 0.1) is 0 Å². The Kier molecular flexibility index (Phi) is 5.71. The third-order valence-corrected chi connectivity index (χ3v) is 5.73. The number of cyclic esters (lactones) is 1. The quantitative estimate of drug-likeness (QED) is 0.339. The molecular weight excluding hydrogens is 450 g/mol. The Labute approximate surface area is 200 Å². The first-order valence-electron chi connectivity index (χ1n) is 10.8. The van der Waals surface area contributed by atoms with Crippen LogP contribution in [0.15, 0.2) is 66.9 Å². The van der Waals surface area contributed by atoms with Crippen LogP contribution < -0.4 is 5.32 Å². The predicted molar refractivity (Wildman–Crippen MR) is 125 cm³/mol. The van der Waals surface area contributed by atoms with E-state index in [0.29, 0.717) is 22.3 Å². The van der Waals surface area contributed by atoms with Gasteiger partial charge >= 0.3 is 5.97 Å². The van der Waals surface area contributed by atoms with E-state index in [-0.39, 0.29) is 24.2 Å². The first kappa shape index (κ1) is 22.2. The molecule has 4 aromatic rings. The van der Waals surface area contributed by atoms with Crippen molar-refractivity contribution < 1.29 is 24.0 Å². The van der Waals surface area contributed by atoms with Crippen molar-refractivity contribution in [3.63, 3.8) is 0 Å². The number of esters is 1. The number of hydrogen-bond acceptors (Lipinski definition) is 7. The van der Waals surface area contributed by atoms with Gasteiger partial charge in [0.2, 0.25) is 11.9 Å². The maximum absolute atomic E-state index is 12.6. The zero-order valence-corrected chi connectivity index (χ0v) is 19.0. The molecule has 0 unspecified atom stereocenters. The molecule has 0 radical (unpaired) electrons. The SMILES string of the molecule is CON(C)C(=O)c1cccc(-c2ccc3nc(NC(=O)C[C@@H]4OC(=O)c5ccccc54)nn3c2)c1. The number of amides is 2. The molecule has 10 heteroatoms. The van der Waals surface area contributed by atoms with Gasteiger partial charge in [0.25, 0.3) is 5.91 Å². The van der Waals surface area contributed by atoms with Gasteiger partial charge in [-0.15, -0.1) is 5.10 Å². The van der Waals surface area contributed by atoms with Crippen LogP contribution in [-0.4, -0.2) is 51.6 Å². The number of carbonyl (C=O) groups is 3. The van der Waals surface area contributed by atoms with Gasteiger partial charge in [-0.2, -0.15) is 4.98 Å². The topological polar surface area (TPSA) is 115 Å². The van der Waals surface area contributed by atoms with Crippen LogP contribution in [0.5, 0.6) is 0 Å². The van der Waals surface area contributed by atoms with Crippen molar-refractivity contribution in [3.05, 3.63) is 83.6 Å². The summed E-state index contributed by atoms with van der Waals surface area (Å²) in [6.45, 7) is 0. The molecule has 0 spiro atoms. The number of rotatable bonds is 6. The van der Waals surface area contributed by atoms with E-state index in [1.165, 1.54) is 7.11 Å². The molecule has 1 aliphatic heterocycles. The first-order valence-corrected chi connectivity index (χ1v) is 10.8. The second kappa shape index (κ2) is 8.99. The van der Waals surface area contributed by atoms with E-state index in [1.807, 2.05) is 12.1 Å². The fourth-order valence-electron chi connectivity index (χ4n) is 3.92. The third-order valence-electron chi connectivity index (χ3n) is 5.73. The van der Waals surface area contributed by atoms with Crippen LogP contribution in [0.3, 0.4) is 0 Å². The lowest BCUT2D eigenvalue weighted by atomic mass is 10.0. The van der Waals surface area contributed by atoms with Gasteiger partial charge < -0.3 is 4.74 Å². The molecule has 2 amide bonds. The Morgan fingerprint density at radius 3 is 2.77 bits per heavy atom. The number of pyridine rings is 1. The first-order chi connectivity index (χ1) is 16.9. The zero-order valence-electron chi connectivity index (χ0n) is 19.0. The average molecular weight is 471 g/mol. The molecule has 0 saturated carbocycles. The zero-order chi connectivity index (χ0) is 24.5. The van der Waals surface area contributed by atoms with Crippen molar-refractivity contribution in [1.29, 1.82) is 0 Å². The number of hydrogen-bond donors (Lipinski definition) is 1. The highest BCUT2D eigenvalue weighted by Crippen LogP contribution is 2.33. The van der Waals surface area contributed by atoms with Gasteiger partial charge in [0.1, 0.15) is 6.10 Å². The summed E-state index contributed by atoms with van der Waals surface area (Å²) in [5.74, 6) is -0.937. The Morgan fingerprint density at radius 2 is 1.94 bits per heavy atom. The van der Waals surface area contributed by atoms with Crippen molar-refractivity contribution in [3.8, 4) is 11.1 Å². The molecule has 0 saturated heterocycles. The number of ether oxygens (including phenoxy) is 1. The summed E-state index contributed by atoms with van der Waals surface area (Å²) in [4.78, 5) is 46.3. The lowest BCUT2D eigenvalue weighted by Crippen LogP contribution is -2.25. The predicted octanol–water partition coefficient (Wildman–Crippen LogP) is 3.27. The molecule has 3 heterocycles. The van der Waals surface area contributed by atoms with Crippen molar-refractivity contribution in [2.75, 3.05) is 19.5 Å². The molecule has 0 bridgehead atoms. The maximum Gasteiger partial charge on any atom is 0.339 e. The fraction of sp³-hybridized carbons (Fsp3) is 0.160. The summed E-state index contributed by atoms with van der Waals surface area (Å²) in [7, 11) is 2.97. The molecule has 10 nitrogen and oxygen atoms in total. The minimum atomic E-state index is -0.644. The molecule has 5 rings (SSSR count). The van der Waals surface area contributed by atoms with E-state index in [0.717, 1.165) is 16.2 Å². The Balaban J connectivity index is 1.32. The van der Waals surface area contributed by atoms with Gasteiger partial charge in [-0.1, -0.05) is 30.3 Å². The molecule has 0 fully saturated rings. The number of fused-ring (bicyclic) bond motifs is 2. The van der Waals surface area contributed by atoms with Crippen LogP contribution in [0.4, 0.5) is 5.95 Å². The van der Waals surface area contributed by atoms with E-state index < -0.39 is 12.1 Å². The molecule has 1 atom stereocenters. The number of nitrogens with one attached hydrogen (secondary N) is 1. The minimum absolute atomic E-state index is 0.0414. The molecule has 2 aromatic carbocycles. The van der Waals surface area contributed by atoms with Crippen molar-refractivity contribution in [2.45, 2.75) is 12.5 Å². The van der Waals surface area contributed by atoms with Crippen LogP contribution in [0.2, 0.25) is 0 Å². The van der Waals surface area contributed by atoms with Gasteiger partial charge in [-0.05, 0) is 35.9 Å². The van der Waals surface area contributed by atoms with Crippen LogP contribution >= 0.6 is 0 Å². The average Bonchev–Trinajstić information content (AvgIpc) is 3.42. The van der Waals surface area contributed by atoms with E-state index >= 15 is 0 Å². The molecular formula is C25H21N5O5. The van der Waals surface area contributed by atoms with Crippen LogP contribution in [0.25, 0.3) is 16.8 Å². The Hall–Kier alpha value is -4.57. The Morgan fingerprint density at radius 1 is 1.11 bits per heavy atom. The summed E-state index contributed by atoms with van der Waals surface area (Å²) in [5.41, 5.74) is 3.80. The van der Waals surface area contributed by atoms with Crippen LogP contribution in [0.1, 0.15) is 38.8 Å². The molecule has 1 N–H and O–H groups in total. The summed E-state index contributed by atoms with van der Waals surface area (Å²) < 4.78 is 6.88. The highest BCUT2D eigenvalue weighted by atomic mass is 16.7. The number of nitrogens with zero attached hydrogens (tertiary/aromatic N) is 4. The lowest BCUT2D eigenvalue weighted by Gasteiger charge is -2.14. The number of aromatic nitrogens is 3. The van der Waals surface area contributed by atoms with Crippen LogP contribution in [-0.2, 0) is 14.4 Å². The second-order valence-electron chi connectivity index (χ2n) is 7.96. The van der Waals surface area contributed by atoms with Crippen molar-refractivity contribution in [2.24, 2.45) is 0 Å². The van der Waals surface area contributed by atoms with E-state index in [2.05, 4.69) is 15.4 Å². The molecule has 0 aliphatic carbocycles. The highest BCUT2D eigenvalue weighted by molar-refractivity contribution is 5.96. The van der Waals surface area contributed by atoms with E-state index in [9.17, 15) is 14.4 Å². The van der Waals surface area contributed by atoms with Gasteiger partial charge in [0.15, 0.2) is 5.65 Å². The van der Waals surface area contributed by atoms with Gasteiger partial charge in [-0.25, -0.2) is 14.4 Å². The van der Waals surface area contributed by atoms with E-state index in [4.69, 9.17) is 9.57 Å². The monoisotopic (exact) mass is 471 g/mol. The number of carbonyl (C=O) groups excluding carboxylic acids is 3. The summed E-state index contributed by atoms with van der Waals surface area (Å²) in [6, 6.07) is 17.8. The molecule has 176 valence electrons. The standard InChI is InChI=1S/C25H21N5O5/c1-29(34-2)23(32)16-7-5-6-15(12-16)17-10-11-21-26-25(28-30(21)14-17)27-22(31)13-20-18-8-3-4-9-19(18)24(33)35-20/h3-12,14,20H,13H2,1-2H3,(H,27,28,31)/t20-/m0/s1. The number of hydroxylamine groups is 2. The van der Waals surface area contributed by atoms with Gasteiger partial charge in [0.05, 0.1) is 19.1 Å². The molecule has 1 aliphatic rings. The normalized spacial score (nSPS) is 14.5. The van der Waals surface area contributed by atoms with Crippen molar-refractivity contribution >= 4 is 29.4 Å². The third kappa shape index (κ3) is 4.34. The minimum Gasteiger partial charge on any atom is -0.453 e. The van der Waals surface area contributed by atoms with E-state index in [1.54, 1.807) is 66.3 Å². The smallest absolute Gasteiger partial charge is 0.339 e. The maximum atomic E-state index is 12.6. The van der Waals surface area contributed by atoms with Gasteiger partial charge in [0, 0.05) is 29.9 Å². The summed E-state index contributed by atoms with van der Waals surface area (Å²) >= 11 is 0. The second-order valence-corrected chi connectivity index (χ2v) is 7.96. The largest absolute Gasteiger partial charge is 0.453 e. The highest BCUT2D eigenvalue weighted by Gasteiger charge is 2.32. The Bertz CT molecular complexity index is 1460. The molecule has 2 aromatic heterocycles. The lowest BCUT2D eigenvalue weighted by molar-refractivity contribution is -0.118. The number of anilines is 1. The van der Waals surface area contributed by atoms with Crippen molar-refractivity contribution in [1.82, 2.24) is 19.7 Å². The number of benzene rings is 2. The summed E-state index contributed by atoms with van der Waals surface area (Å²) in [5, 5.41) is 8.16. The van der Waals surface area contributed by atoms with Gasteiger partial charge in [-0.3, -0.25) is 19.7 Å². The fourth-order valence-corrected chi connectivity index (χ4v) is 3.92. The summed E-state index contributed by atoms with van der Waals surface area (Å²) in [6.07, 6.45) is 1.08.